The lowest BCUT2D eigenvalue weighted by atomic mass is 10.2. The Bertz CT molecular complexity index is 788. The van der Waals surface area contributed by atoms with Crippen molar-refractivity contribution in [2.75, 3.05) is 0 Å². The lowest BCUT2D eigenvalue weighted by Gasteiger charge is -2.13. The van der Waals surface area contributed by atoms with E-state index in [1.54, 1.807) is 12.1 Å². The molecule has 2 rings (SSSR count). The third kappa shape index (κ3) is 6.30. The summed E-state index contributed by atoms with van der Waals surface area (Å²) in [5.41, 5.74) is 7.48. The summed E-state index contributed by atoms with van der Waals surface area (Å²) >= 11 is 0. The Morgan fingerprint density at radius 1 is 1.08 bits per heavy atom. The molecule has 0 aliphatic heterocycles. The van der Waals surface area contributed by atoms with Crippen molar-refractivity contribution in [2.45, 2.75) is 37.5 Å². The van der Waals surface area contributed by atoms with Crippen LogP contribution in [-0.4, -0.2) is 20.6 Å². The van der Waals surface area contributed by atoms with Crippen LogP contribution in [0, 0.1) is 6.92 Å². The minimum absolute atomic E-state index is 0.0280. The van der Waals surface area contributed by atoms with Gasteiger partial charge >= 0.3 is 5.97 Å². The maximum Gasteiger partial charge on any atom is 0.306 e. The number of aryl methyl sites for hydroxylation is 1. The third-order valence-corrected chi connectivity index (χ3v) is 4.79. The zero-order valence-electron chi connectivity index (χ0n) is 13.9. The van der Waals surface area contributed by atoms with Gasteiger partial charge in [0.2, 0.25) is 0 Å². The predicted octanol–water partition coefficient (Wildman–Crippen LogP) is 2.51. The first-order valence-electron chi connectivity index (χ1n) is 7.82. The molecule has 0 aliphatic carbocycles. The second-order valence-corrected chi connectivity index (χ2v) is 7.16. The van der Waals surface area contributed by atoms with Crippen LogP contribution < -0.4 is 5.73 Å². The molecule has 25 heavy (non-hydrogen) atoms. The molecule has 0 saturated carbocycles. The van der Waals surface area contributed by atoms with Gasteiger partial charge in [-0.05, 0) is 31.0 Å². The second-order valence-electron chi connectivity index (χ2n) is 5.59. The van der Waals surface area contributed by atoms with Gasteiger partial charge < -0.3 is 10.5 Å². The van der Waals surface area contributed by atoms with E-state index in [1.165, 1.54) is 12.1 Å². The van der Waals surface area contributed by atoms with Crippen molar-refractivity contribution in [3.63, 3.8) is 0 Å². The Balaban J connectivity index is 1.78. The fourth-order valence-electron chi connectivity index (χ4n) is 2.04. The van der Waals surface area contributed by atoms with Gasteiger partial charge in [0.15, 0.2) is 0 Å². The number of hydrogen-bond donors (Lipinski definition) is 1. The Hall–Kier alpha value is -2.22. The van der Waals surface area contributed by atoms with Crippen LogP contribution in [0.5, 0.6) is 0 Å². The first-order chi connectivity index (χ1) is 11.9. The number of rotatable bonds is 8. The minimum Gasteiger partial charge on any atom is -0.461 e. The Kier molecular flexibility index (Phi) is 6.69. The van der Waals surface area contributed by atoms with Crippen LogP contribution in [0.2, 0.25) is 0 Å². The van der Waals surface area contributed by atoms with Crippen LogP contribution in [0.25, 0.3) is 0 Å². The highest BCUT2D eigenvalue weighted by Crippen LogP contribution is 2.15. The molecule has 1 atom stereocenters. The Morgan fingerprint density at radius 3 is 2.36 bits per heavy atom. The highest BCUT2D eigenvalue weighted by Gasteiger charge is 2.20. The maximum atomic E-state index is 12.1. The summed E-state index contributed by atoms with van der Waals surface area (Å²) in [6.07, 6.45) is -1.11. The van der Waals surface area contributed by atoms with Crippen molar-refractivity contribution in [3.8, 4) is 0 Å². The van der Waals surface area contributed by atoms with Crippen molar-refractivity contribution in [2.24, 2.45) is 5.73 Å². The van der Waals surface area contributed by atoms with Gasteiger partial charge in [-0.25, -0.2) is 4.18 Å². The summed E-state index contributed by atoms with van der Waals surface area (Å²) in [5, 5.41) is 0. The van der Waals surface area contributed by atoms with E-state index in [0.717, 1.165) is 11.1 Å². The fourth-order valence-corrected chi connectivity index (χ4v) is 3.04. The SMILES string of the molecule is Cc1ccc(S(=O)(=O)OC(N)CCC(=O)OCc2ccccc2)cc1. The van der Waals surface area contributed by atoms with E-state index in [1.807, 2.05) is 37.3 Å². The first kappa shape index (κ1) is 19.1. The zero-order chi connectivity index (χ0) is 18.3. The number of esters is 1. The van der Waals surface area contributed by atoms with E-state index >= 15 is 0 Å². The lowest BCUT2D eigenvalue weighted by molar-refractivity contribution is -0.145. The molecule has 0 radical (unpaired) electrons. The summed E-state index contributed by atoms with van der Waals surface area (Å²) in [5.74, 6) is -0.462. The minimum atomic E-state index is -3.96. The molecule has 7 heteroatoms. The third-order valence-electron chi connectivity index (χ3n) is 3.44. The molecule has 2 N–H and O–H groups in total. The van der Waals surface area contributed by atoms with Gasteiger partial charge in [-0.3, -0.25) is 4.79 Å². The van der Waals surface area contributed by atoms with E-state index in [9.17, 15) is 13.2 Å². The van der Waals surface area contributed by atoms with Gasteiger partial charge in [0.25, 0.3) is 10.1 Å². The molecule has 2 aromatic rings. The number of nitrogens with two attached hydrogens (primary N) is 1. The monoisotopic (exact) mass is 363 g/mol. The average molecular weight is 363 g/mol. The summed E-state index contributed by atoms with van der Waals surface area (Å²) in [7, 11) is -3.96. The summed E-state index contributed by atoms with van der Waals surface area (Å²) in [6.45, 7) is 2.02. The molecule has 134 valence electrons. The number of benzene rings is 2. The number of carbonyl (C=O) groups excluding carboxylic acids is 1. The van der Waals surface area contributed by atoms with E-state index in [-0.39, 0.29) is 24.3 Å². The van der Waals surface area contributed by atoms with Crippen LogP contribution in [0.3, 0.4) is 0 Å². The number of ether oxygens (including phenoxy) is 1. The molecule has 0 aliphatic rings. The van der Waals surface area contributed by atoms with Crippen molar-refractivity contribution < 1.29 is 22.1 Å². The van der Waals surface area contributed by atoms with Gasteiger partial charge in [-0.2, -0.15) is 8.42 Å². The Labute approximate surface area is 147 Å². The molecule has 1 unspecified atom stereocenters. The molecule has 0 fully saturated rings. The molecule has 0 bridgehead atoms. The molecule has 0 saturated heterocycles. The van der Waals surface area contributed by atoms with Gasteiger partial charge in [0.1, 0.15) is 12.8 Å². The van der Waals surface area contributed by atoms with E-state index in [2.05, 4.69) is 0 Å². The van der Waals surface area contributed by atoms with Crippen molar-refractivity contribution >= 4 is 16.1 Å². The molecule has 2 aromatic carbocycles. The molecule has 6 nitrogen and oxygen atoms in total. The van der Waals surface area contributed by atoms with Crippen LogP contribution >= 0.6 is 0 Å². The molecule has 0 spiro atoms. The topological polar surface area (TPSA) is 95.7 Å². The van der Waals surface area contributed by atoms with Crippen molar-refractivity contribution in [1.82, 2.24) is 0 Å². The first-order valence-corrected chi connectivity index (χ1v) is 9.23. The normalized spacial score (nSPS) is 12.6. The maximum absolute atomic E-state index is 12.1. The Morgan fingerprint density at radius 2 is 1.72 bits per heavy atom. The van der Waals surface area contributed by atoms with Gasteiger partial charge in [-0.15, -0.1) is 0 Å². The predicted molar refractivity (Wildman–Crippen MR) is 92.9 cm³/mol. The summed E-state index contributed by atoms with van der Waals surface area (Å²) in [6, 6.07) is 15.5. The van der Waals surface area contributed by atoms with Gasteiger partial charge in [0, 0.05) is 6.42 Å². The van der Waals surface area contributed by atoms with Gasteiger partial charge in [-0.1, -0.05) is 48.0 Å². The van der Waals surface area contributed by atoms with E-state index in [0.29, 0.717) is 0 Å². The standard InChI is InChI=1S/C18H21NO5S/c1-14-7-9-16(10-8-14)25(21,22)24-17(19)11-12-18(20)23-13-15-5-3-2-4-6-15/h2-10,17H,11-13,19H2,1H3. The van der Waals surface area contributed by atoms with Crippen LogP contribution in [-0.2, 0) is 30.4 Å². The highest BCUT2D eigenvalue weighted by molar-refractivity contribution is 7.86. The smallest absolute Gasteiger partial charge is 0.306 e. The largest absolute Gasteiger partial charge is 0.461 e. The average Bonchev–Trinajstić information content (AvgIpc) is 2.59. The van der Waals surface area contributed by atoms with Crippen LogP contribution in [0.4, 0.5) is 0 Å². The van der Waals surface area contributed by atoms with Crippen molar-refractivity contribution in [1.29, 1.82) is 0 Å². The highest BCUT2D eigenvalue weighted by atomic mass is 32.2. The van der Waals surface area contributed by atoms with Crippen molar-refractivity contribution in [3.05, 3.63) is 65.7 Å². The molecular formula is C18H21NO5S. The second kappa shape index (κ2) is 8.75. The molecule has 0 aromatic heterocycles. The van der Waals surface area contributed by atoms with E-state index in [4.69, 9.17) is 14.7 Å². The number of hydrogen-bond acceptors (Lipinski definition) is 6. The quantitative estimate of drug-likeness (QED) is 0.440. The fraction of sp³-hybridized carbons (Fsp3) is 0.278. The van der Waals surface area contributed by atoms with Crippen LogP contribution in [0.15, 0.2) is 59.5 Å². The number of carbonyl (C=O) groups is 1. The van der Waals surface area contributed by atoms with Gasteiger partial charge in [0.05, 0.1) is 4.90 Å². The molecule has 0 heterocycles. The summed E-state index contributed by atoms with van der Waals surface area (Å²) in [4.78, 5) is 11.7. The molecular weight excluding hydrogens is 342 g/mol. The summed E-state index contributed by atoms with van der Waals surface area (Å²) < 4.78 is 34.2. The van der Waals surface area contributed by atoms with E-state index < -0.39 is 22.3 Å². The van der Waals surface area contributed by atoms with Crippen LogP contribution in [0.1, 0.15) is 24.0 Å². The lowest BCUT2D eigenvalue weighted by Crippen LogP contribution is -2.28. The zero-order valence-corrected chi connectivity index (χ0v) is 14.7. The molecule has 0 amide bonds.